The first-order valence-electron chi connectivity index (χ1n) is 19.6. The van der Waals surface area contributed by atoms with Crippen LogP contribution >= 0.6 is 0 Å². The Morgan fingerprint density at radius 3 is 1.71 bits per heavy atom. The molecule has 1 heteroatoms. The van der Waals surface area contributed by atoms with Crippen LogP contribution in [0.4, 0.5) is 17.1 Å². The predicted molar refractivity (Wildman–Crippen MR) is 234 cm³/mol. The summed E-state index contributed by atoms with van der Waals surface area (Å²) in [5.74, 6) is 0. The van der Waals surface area contributed by atoms with Crippen molar-refractivity contribution in [2.45, 2.75) is 39.0 Å². The van der Waals surface area contributed by atoms with Crippen molar-refractivity contribution >= 4 is 22.6 Å². The Kier molecular flexibility index (Phi) is 8.79. The van der Waals surface area contributed by atoms with E-state index in [1.54, 1.807) is 0 Å². The molecule has 2 aliphatic carbocycles. The summed E-state index contributed by atoms with van der Waals surface area (Å²) in [4.78, 5) is 2.45. The van der Waals surface area contributed by atoms with Crippen LogP contribution in [-0.2, 0) is 18.3 Å². The highest BCUT2D eigenvalue weighted by molar-refractivity contribution is 5.99. The van der Waals surface area contributed by atoms with Crippen molar-refractivity contribution in [3.8, 4) is 33.4 Å². The fourth-order valence-electron chi connectivity index (χ4n) is 9.38. The van der Waals surface area contributed by atoms with Crippen LogP contribution in [0.1, 0.15) is 54.2 Å². The second kappa shape index (κ2) is 14.1. The number of hydrogen-bond donors (Lipinski definition) is 0. The zero-order chi connectivity index (χ0) is 37.5. The quantitative estimate of drug-likeness (QED) is 0.144. The van der Waals surface area contributed by atoms with E-state index in [1.807, 2.05) is 0 Å². The number of hydrogen-bond acceptors (Lipinski definition) is 1. The molecular weight excluding hydrogens is 663 g/mol. The van der Waals surface area contributed by atoms with E-state index in [0.29, 0.717) is 0 Å². The highest BCUT2D eigenvalue weighted by atomic mass is 15.1. The lowest BCUT2D eigenvalue weighted by molar-refractivity contribution is 0.786. The number of benzene rings is 7. The summed E-state index contributed by atoms with van der Waals surface area (Å²) in [5, 5.41) is 0. The number of rotatable bonds is 9. The number of fused-ring (bicyclic) bond motifs is 7. The monoisotopic (exact) mass is 707 g/mol. The maximum absolute atomic E-state index is 4.47. The maximum Gasteiger partial charge on any atom is 0.0726 e. The van der Waals surface area contributed by atoms with Gasteiger partial charge in [-0.25, -0.2) is 0 Å². The van der Waals surface area contributed by atoms with Crippen molar-refractivity contribution in [3.63, 3.8) is 0 Å². The lowest BCUT2D eigenvalue weighted by Gasteiger charge is -2.33. The first-order chi connectivity index (χ1) is 27.1. The molecular formula is C54H45N. The standard InChI is InChI=1S/C54H45N/c1-5-18-46-47-23-14-16-25-51(47)54(50(46)8-4)52-26-17-15-24-48(52)49-34-32-43(36-53(49)54)55(41-29-27-40(28-30-41)39-20-10-9-11-21-39)42-31-33-45(38(7-3)35-42)44-22-13-12-19-37(44)6-2/h5,8-36H,4,6-7H2,1-3H3/b18-5-. The molecule has 1 nitrogen and oxygen atoms in total. The Labute approximate surface area is 326 Å². The van der Waals surface area contributed by atoms with Gasteiger partial charge in [-0.2, -0.15) is 0 Å². The van der Waals surface area contributed by atoms with Gasteiger partial charge in [-0.05, 0) is 134 Å². The van der Waals surface area contributed by atoms with Crippen LogP contribution in [0.25, 0.3) is 39.0 Å². The minimum atomic E-state index is -0.486. The van der Waals surface area contributed by atoms with Crippen LogP contribution in [-0.4, -0.2) is 0 Å². The molecule has 0 radical (unpaired) electrons. The molecule has 0 saturated heterocycles. The van der Waals surface area contributed by atoms with E-state index in [4.69, 9.17) is 0 Å². The van der Waals surface area contributed by atoms with Gasteiger partial charge < -0.3 is 4.90 Å². The average molecular weight is 708 g/mol. The van der Waals surface area contributed by atoms with E-state index in [2.05, 4.69) is 214 Å². The molecule has 0 aliphatic heterocycles. The van der Waals surface area contributed by atoms with Crippen molar-refractivity contribution in [1.82, 2.24) is 0 Å². The van der Waals surface area contributed by atoms with Crippen LogP contribution in [0.15, 0.2) is 194 Å². The zero-order valence-corrected chi connectivity index (χ0v) is 31.9. The Balaban J connectivity index is 1.28. The third kappa shape index (κ3) is 5.37. The van der Waals surface area contributed by atoms with Crippen LogP contribution in [0, 0.1) is 0 Å². The topological polar surface area (TPSA) is 3.24 Å². The molecule has 7 aromatic rings. The first kappa shape index (κ1) is 34.3. The minimum Gasteiger partial charge on any atom is -0.310 e. The molecule has 1 spiro atoms. The summed E-state index contributed by atoms with van der Waals surface area (Å²) < 4.78 is 0. The maximum atomic E-state index is 4.47. The van der Waals surface area contributed by atoms with Crippen molar-refractivity contribution in [2.24, 2.45) is 0 Å². The molecule has 9 rings (SSSR count). The van der Waals surface area contributed by atoms with E-state index >= 15 is 0 Å². The fourth-order valence-corrected chi connectivity index (χ4v) is 9.38. The van der Waals surface area contributed by atoms with Gasteiger partial charge in [-0.15, -0.1) is 0 Å². The zero-order valence-electron chi connectivity index (χ0n) is 31.9. The highest BCUT2D eigenvalue weighted by Gasteiger charge is 2.51. The number of anilines is 3. The fraction of sp³-hybridized carbons (Fsp3) is 0.111. The summed E-state index contributed by atoms with van der Waals surface area (Å²) in [7, 11) is 0. The number of allylic oxidation sites excluding steroid dienone is 5. The number of aryl methyl sites for hydroxylation is 2. The second-order valence-corrected chi connectivity index (χ2v) is 14.6. The molecule has 0 heterocycles. The Morgan fingerprint density at radius 1 is 0.491 bits per heavy atom. The van der Waals surface area contributed by atoms with Gasteiger partial charge in [-0.1, -0.05) is 166 Å². The molecule has 0 N–H and O–H groups in total. The van der Waals surface area contributed by atoms with Gasteiger partial charge >= 0.3 is 0 Å². The van der Waals surface area contributed by atoms with Crippen LogP contribution in [0.5, 0.6) is 0 Å². The lowest BCUT2D eigenvalue weighted by Crippen LogP contribution is -2.27. The van der Waals surface area contributed by atoms with Gasteiger partial charge in [0.25, 0.3) is 0 Å². The van der Waals surface area contributed by atoms with Crippen molar-refractivity contribution in [1.29, 1.82) is 0 Å². The molecule has 1 atom stereocenters. The Morgan fingerprint density at radius 2 is 1.02 bits per heavy atom. The SMILES string of the molecule is C=CC1=C(/C=C\C)c2ccccc2C12c1ccccc1-c1ccc(N(c3ccc(-c4ccccc4)cc3)c3ccc(-c4ccccc4CC)c(CC)c3)cc12. The molecule has 0 fully saturated rings. The van der Waals surface area contributed by atoms with Crippen LogP contribution < -0.4 is 4.90 Å². The lowest BCUT2D eigenvalue weighted by atomic mass is 9.69. The smallest absolute Gasteiger partial charge is 0.0726 e. The van der Waals surface area contributed by atoms with E-state index in [0.717, 1.165) is 29.9 Å². The third-order valence-electron chi connectivity index (χ3n) is 11.8. The molecule has 55 heavy (non-hydrogen) atoms. The molecule has 0 saturated carbocycles. The summed E-state index contributed by atoms with van der Waals surface area (Å²) in [6.07, 6.45) is 8.46. The predicted octanol–water partition coefficient (Wildman–Crippen LogP) is 14.5. The second-order valence-electron chi connectivity index (χ2n) is 14.6. The molecule has 0 amide bonds. The van der Waals surface area contributed by atoms with Gasteiger partial charge in [0.05, 0.1) is 5.41 Å². The van der Waals surface area contributed by atoms with E-state index in [1.165, 1.54) is 77.9 Å². The van der Waals surface area contributed by atoms with Crippen molar-refractivity contribution < 1.29 is 0 Å². The molecule has 7 aromatic carbocycles. The molecule has 2 aliphatic rings. The van der Waals surface area contributed by atoms with Gasteiger partial charge in [0.1, 0.15) is 0 Å². The highest BCUT2D eigenvalue weighted by Crippen LogP contribution is 2.63. The van der Waals surface area contributed by atoms with E-state index < -0.39 is 5.41 Å². The first-order valence-corrected chi connectivity index (χ1v) is 19.6. The van der Waals surface area contributed by atoms with Crippen LogP contribution in [0.3, 0.4) is 0 Å². The molecule has 1 unspecified atom stereocenters. The Hall–Kier alpha value is -6.44. The summed E-state index contributed by atoms with van der Waals surface area (Å²) in [6.45, 7) is 11.1. The van der Waals surface area contributed by atoms with Gasteiger partial charge in [0, 0.05) is 17.1 Å². The van der Waals surface area contributed by atoms with Gasteiger partial charge in [-0.3, -0.25) is 0 Å². The van der Waals surface area contributed by atoms with Crippen molar-refractivity contribution in [2.75, 3.05) is 4.90 Å². The van der Waals surface area contributed by atoms with Gasteiger partial charge in [0.15, 0.2) is 0 Å². The van der Waals surface area contributed by atoms with Gasteiger partial charge in [0.2, 0.25) is 0 Å². The average Bonchev–Trinajstić information content (AvgIpc) is 3.70. The van der Waals surface area contributed by atoms with Crippen molar-refractivity contribution in [3.05, 3.63) is 228 Å². The molecule has 266 valence electrons. The van der Waals surface area contributed by atoms with E-state index in [9.17, 15) is 0 Å². The normalized spacial score (nSPS) is 15.3. The summed E-state index contributed by atoms with van der Waals surface area (Å²) in [6, 6.07) is 60.7. The molecule has 0 bridgehead atoms. The summed E-state index contributed by atoms with van der Waals surface area (Å²) in [5.41, 5.74) is 20.9. The summed E-state index contributed by atoms with van der Waals surface area (Å²) >= 11 is 0. The number of nitrogens with zero attached hydrogens (tertiary/aromatic N) is 1. The molecule has 0 aromatic heterocycles. The third-order valence-corrected chi connectivity index (χ3v) is 11.8. The largest absolute Gasteiger partial charge is 0.310 e. The van der Waals surface area contributed by atoms with E-state index in [-0.39, 0.29) is 0 Å². The Bertz CT molecular complexity index is 2640. The minimum absolute atomic E-state index is 0.486. The van der Waals surface area contributed by atoms with Crippen LogP contribution in [0.2, 0.25) is 0 Å².